The first-order chi connectivity index (χ1) is 12.5. The third-order valence-corrected chi connectivity index (χ3v) is 6.49. The fourth-order valence-corrected chi connectivity index (χ4v) is 5.24. The standard InChI is InChI=1S/C17H14N4O3S2/c18-8-10-3-6-26-14(10)19-13(22)9-21-15(23)17(20-16(21)24)5-1-2-12-11(17)4-7-25-12/h3-4,6-7H,1-2,5,9H2,(H,19,22)(H,20,24). The lowest BCUT2D eigenvalue weighted by atomic mass is 9.80. The molecule has 1 saturated heterocycles. The number of imide groups is 1. The number of carbonyl (C=O) groups is 3. The molecule has 1 unspecified atom stereocenters. The van der Waals surface area contributed by atoms with Crippen LogP contribution in [-0.4, -0.2) is 29.3 Å². The molecule has 0 radical (unpaired) electrons. The highest BCUT2D eigenvalue weighted by molar-refractivity contribution is 7.14. The molecule has 26 heavy (non-hydrogen) atoms. The summed E-state index contributed by atoms with van der Waals surface area (Å²) in [5, 5.41) is 18.4. The molecule has 4 amide bonds. The Kier molecular flexibility index (Phi) is 4.01. The lowest BCUT2D eigenvalue weighted by Gasteiger charge is -2.31. The van der Waals surface area contributed by atoms with E-state index in [1.807, 2.05) is 17.5 Å². The van der Waals surface area contributed by atoms with Gasteiger partial charge in [-0.1, -0.05) is 0 Å². The summed E-state index contributed by atoms with van der Waals surface area (Å²) in [5.74, 6) is -0.894. The van der Waals surface area contributed by atoms with Crippen LogP contribution in [0.1, 0.15) is 28.8 Å². The normalized spacial score (nSPS) is 21.4. The number of urea groups is 1. The predicted octanol–water partition coefficient (Wildman–Crippen LogP) is 2.40. The Morgan fingerprint density at radius 3 is 2.96 bits per heavy atom. The van der Waals surface area contributed by atoms with E-state index in [-0.39, 0.29) is 12.5 Å². The van der Waals surface area contributed by atoms with Crippen molar-refractivity contribution in [3.05, 3.63) is 38.9 Å². The van der Waals surface area contributed by atoms with Crippen molar-refractivity contribution < 1.29 is 14.4 Å². The first-order valence-corrected chi connectivity index (χ1v) is 9.79. The summed E-state index contributed by atoms with van der Waals surface area (Å²) >= 11 is 2.80. The van der Waals surface area contributed by atoms with Crippen molar-refractivity contribution in [1.29, 1.82) is 5.26 Å². The number of fused-ring (bicyclic) bond motifs is 2. The smallest absolute Gasteiger partial charge is 0.319 e. The van der Waals surface area contributed by atoms with Crippen molar-refractivity contribution in [2.45, 2.75) is 24.8 Å². The summed E-state index contributed by atoms with van der Waals surface area (Å²) in [5.41, 5.74) is 0.151. The maximum atomic E-state index is 13.0. The molecule has 2 aromatic heterocycles. The van der Waals surface area contributed by atoms with Crippen LogP contribution in [0.25, 0.3) is 0 Å². The van der Waals surface area contributed by atoms with E-state index in [0.29, 0.717) is 17.0 Å². The Labute approximate surface area is 157 Å². The van der Waals surface area contributed by atoms with Gasteiger partial charge in [-0.15, -0.1) is 22.7 Å². The van der Waals surface area contributed by atoms with Gasteiger partial charge in [-0.25, -0.2) is 4.79 Å². The monoisotopic (exact) mass is 386 g/mol. The van der Waals surface area contributed by atoms with E-state index < -0.39 is 17.5 Å². The van der Waals surface area contributed by atoms with Crippen LogP contribution in [0.5, 0.6) is 0 Å². The zero-order chi connectivity index (χ0) is 18.3. The van der Waals surface area contributed by atoms with Gasteiger partial charge in [-0.2, -0.15) is 5.26 Å². The van der Waals surface area contributed by atoms with Gasteiger partial charge in [0.1, 0.15) is 23.2 Å². The van der Waals surface area contributed by atoms with Crippen molar-refractivity contribution in [1.82, 2.24) is 10.2 Å². The Bertz CT molecular complexity index is 957. The average Bonchev–Trinajstić information content (AvgIpc) is 3.32. The molecule has 2 N–H and O–H groups in total. The van der Waals surface area contributed by atoms with Crippen molar-refractivity contribution >= 4 is 45.5 Å². The molecule has 3 heterocycles. The Hall–Kier alpha value is -2.70. The SMILES string of the molecule is N#Cc1ccsc1NC(=O)CN1C(=O)NC2(CCCc3sccc32)C1=O. The third-order valence-electron chi connectivity index (χ3n) is 4.68. The first kappa shape index (κ1) is 16.8. The molecular formula is C17H14N4O3S2. The largest absolute Gasteiger partial charge is 0.325 e. The van der Waals surface area contributed by atoms with E-state index in [2.05, 4.69) is 10.6 Å². The molecule has 0 aromatic carbocycles. The van der Waals surface area contributed by atoms with Gasteiger partial charge in [-0.05, 0) is 42.2 Å². The molecule has 1 aliphatic carbocycles. The number of nitrogens with one attached hydrogen (secondary N) is 2. The molecule has 1 spiro atoms. The van der Waals surface area contributed by atoms with Gasteiger partial charge in [-0.3, -0.25) is 14.5 Å². The zero-order valence-corrected chi connectivity index (χ0v) is 15.2. The van der Waals surface area contributed by atoms with E-state index in [0.717, 1.165) is 28.2 Å². The number of nitrogens with zero attached hydrogens (tertiary/aromatic N) is 2. The molecule has 4 rings (SSSR count). The number of hydrogen-bond donors (Lipinski definition) is 2. The molecular weight excluding hydrogens is 372 g/mol. The van der Waals surface area contributed by atoms with Gasteiger partial charge < -0.3 is 10.6 Å². The van der Waals surface area contributed by atoms with Crippen LogP contribution in [0, 0.1) is 11.3 Å². The molecule has 2 aliphatic rings. The number of nitriles is 1. The summed E-state index contributed by atoms with van der Waals surface area (Å²) < 4.78 is 0. The Morgan fingerprint density at radius 2 is 2.15 bits per heavy atom. The van der Waals surface area contributed by atoms with E-state index in [1.54, 1.807) is 22.8 Å². The number of thiophene rings is 2. The molecule has 1 atom stereocenters. The van der Waals surface area contributed by atoms with Gasteiger partial charge in [0.25, 0.3) is 5.91 Å². The van der Waals surface area contributed by atoms with Gasteiger partial charge in [0.15, 0.2) is 0 Å². The molecule has 1 fully saturated rings. The summed E-state index contributed by atoms with van der Waals surface area (Å²) in [7, 11) is 0. The second-order valence-corrected chi connectivity index (χ2v) is 8.08. The zero-order valence-electron chi connectivity index (χ0n) is 13.6. The maximum Gasteiger partial charge on any atom is 0.325 e. The number of amides is 4. The summed E-state index contributed by atoms with van der Waals surface area (Å²) in [6.07, 6.45) is 2.23. The molecule has 0 bridgehead atoms. The van der Waals surface area contributed by atoms with Crippen LogP contribution < -0.4 is 10.6 Å². The van der Waals surface area contributed by atoms with Crippen molar-refractivity contribution in [3.63, 3.8) is 0 Å². The quantitative estimate of drug-likeness (QED) is 0.791. The number of rotatable bonds is 3. The molecule has 9 heteroatoms. The molecule has 1 aliphatic heterocycles. The van der Waals surface area contributed by atoms with Crippen molar-refractivity contribution in [3.8, 4) is 6.07 Å². The van der Waals surface area contributed by atoms with Crippen LogP contribution in [0.3, 0.4) is 0 Å². The minimum Gasteiger partial charge on any atom is -0.319 e. The summed E-state index contributed by atoms with van der Waals surface area (Å²) in [4.78, 5) is 39.8. The summed E-state index contributed by atoms with van der Waals surface area (Å²) in [6.45, 7) is -0.380. The molecule has 7 nitrogen and oxygen atoms in total. The maximum absolute atomic E-state index is 13.0. The molecule has 2 aromatic rings. The summed E-state index contributed by atoms with van der Waals surface area (Å²) in [6, 6.07) is 4.91. The van der Waals surface area contributed by atoms with E-state index in [9.17, 15) is 14.4 Å². The highest BCUT2D eigenvalue weighted by Gasteiger charge is 2.54. The highest BCUT2D eigenvalue weighted by atomic mass is 32.1. The second-order valence-electron chi connectivity index (χ2n) is 6.16. The van der Waals surface area contributed by atoms with Crippen LogP contribution in [0.15, 0.2) is 22.9 Å². The van der Waals surface area contributed by atoms with Crippen molar-refractivity contribution in [2.75, 3.05) is 11.9 Å². The fourth-order valence-electron chi connectivity index (χ4n) is 3.49. The van der Waals surface area contributed by atoms with Gasteiger partial charge in [0.05, 0.1) is 5.56 Å². The number of aryl methyl sites for hydroxylation is 1. The van der Waals surface area contributed by atoms with Crippen LogP contribution in [-0.2, 0) is 21.5 Å². The molecule has 132 valence electrons. The van der Waals surface area contributed by atoms with Gasteiger partial charge >= 0.3 is 6.03 Å². The second kappa shape index (κ2) is 6.23. The number of carbonyl (C=O) groups excluding carboxylic acids is 3. The number of hydrogen-bond acceptors (Lipinski definition) is 6. The fraction of sp³-hybridized carbons (Fsp3) is 0.294. The minimum absolute atomic E-state index is 0.354. The predicted molar refractivity (Wildman–Crippen MR) is 96.8 cm³/mol. The lowest BCUT2D eigenvalue weighted by Crippen LogP contribution is -2.46. The van der Waals surface area contributed by atoms with Crippen molar-refractivity contribution in [2.24, 2.45) is 0 Å². The third kappa shape index (κ3) is 2.50. The number of anilines is 1. The Morgan fingerprint density at radius 1 is 1.35 bits per heavy atom. The van der Waals surface area contributed by atoms with Gasteiger partial charge in [0, 0.05) is 10.4 Å². The molecule has 0 saturated carbocycles. The van der Waals surface area contributed by atoms with Crippen LogP contribution in [0.2, 0.25) is 0 Å². The van der Waals surface area contributed by atoms with Crippen LogP contribution >= 0.6 is 22.7 Å². The van der Waals surface area contributed by atoms with E-state index >= 15 is 0 Å². The Balaban J connectivity index is 1.54. The van der Waals surface area contributed by atoms with Gasteiger partial charge in [0.2, 0.25) is 5.91 Å². The van der Waals surface area contributed by atoms with E-state index in [4.69, 9.17) is 5.26 Å². The topological polar surface area (TPSA) is 102 Å². The lowest BCUT2D eigenvalue weighted by molar-refractivity contribution is -0.134. The van der Waals surface area contributed by atoms with E-state index in [1.165, 1.54) is 11.3 Å². The minimum atomic E-state index is -1.05. The highest BCUT2D eigenvalue weighted by Crippen LogP contribution is 2.42. The average molecular weight is 386 g/mol. The first-order valence-electron chi connectivity index (χ1n) is 8.03. The van der Waals surface area contributed by atoms with Crippen LogP contribution in [0.4, 0.5) is 9.80 Å².